The summed E-state index contributed by atoms with van der Waals surface area (Å²) in [6.45, 7) is 0. The second kappa shape index (κ2) is 12.9. The third kappa shape index (κ3) is 4.68. The molecule has 1 aliphatic rings. The van der Waals surface area contributed by atoms with Gasteiger partial charge in [-0.1, -0.05) is 176 Å². The number of fused-ring (bicyclic) bond motifs is 8. The van der Waals surface area contributed by atoms with Crippen molar-refractivity contribution >= 4 is 66.7 Å². The molecule has 2 aromatic heterocycles. The standard InChI is InChI=1S/C55H37N2OP/c58-59(42-22-2-1-3-23-42)53-34-14-8-28-47(53)55(48-29-9-15-35-54(48)59,38-18-16-20-40(36-38)56-49-30-10-4-24-43(49)44-25-5-11-31-50(44)56)39-19-17-21-41(37-39)57-51-32-12-6-26-45(51)46-27-7-13-33-52(46)57/h1-37H. The van der Waals surface area contributed by atoms with Crippen molar-refractivity contribution in [1.82, 2.24) is 9.13 Å². The van der Waals surface area contributed by atoms with Crippen LogP contribution in [0.3, 0.4) is 0 Å². The van der Waals surface area contributed by atoms with Gasteiger partial charge < -0.3 is 13.7 Å². The van der Waals surface area contributed by atoms with Crippen LogP contribution in [0.15, 0.2) is 224 Å². The van der Waals surface area contributed by atoms with Crippen LogP contribution in [0.5, 0.6) is 0 Å². The van der Waals surface area contributed by atoms with Crippen molar-refractivity contribution in [2.45, 2.75) is 5.41 Å². The van der Waals surface area contributed by atoms with Crippen molar-refractivity contribution < 1.29 is 4.57 Å². The Hall–Kier alpha value is -7.19. The summed E-state index contributed by atoms with van der Waals surface area (Å²) < 4.78 is 21.1. The molecule has 0 radical (unpaired) electrons. The van der Waals surface area contributed by atoms with Gasteiger partial charge in [0.1, 0.15) is 0 Å². The fourth-order valence-electron chi connectivity index (χ4n) is 10.3. The molecular formula is C55H37N2OP. The van der Waals surface area contributed by atoms with Gasteiger partial charge in [-0.3, -0.25) is 0 Å². The Balaban J connectivity index is 1.21. The summed E-state index contributed by atoms with van der Waals surface area (Å²) in [5, 5.41) is 7.47. The van der Waals surface area contributed by atoms with Crippen molar-refractivity contribution in [2.75, 3.05) is 0 Å². The highest BCUT2D eigenvalue weighted by molar-refractivity contribution is 7.85. The molecule has 0 N–H and O–H groups in total. The van der Waals surface area contributed by atoms with E-state index < -0.39 is 12.6 Å². The minimum absolute atomic E-state index is 0.839. The second-order valence-corrected chi connectivity index (χ2v) is 18.3. The van der Waals surface area contributed by atoms with Gasteiger partial charge in [0.25, 0.3) is 0 Å². The zero-order valence-corrected chi connectivity index (χ0v) is 33.0. The van der Waals surface area contributed by atoms with Crippen molar-refractivity contribution in [2.24, 2.45) is 0 Å². The molecule has 0 bridgehead atoms. The lowest BCUT2D eigenvalue weighted by molar-refractivity contribution is 0.590. The average molecular weight is 773 g/mol. The van der Waals surface area contributed by atoms with Gasteiger partial charge in [0.05, 0.1) is 27.5 Å². The maximum absolute atomic E-state index is 16.3. The van der Waals surface area contributed by atoms with Crippen LogP contribution in [-0.4, -0.2) is 9.13 Å². The summed E-state index contributed by atoms with van der Waals surface area (Å²) in [7, 11) is -3.33. The zero-order chi connectivity index (χ0) is 39.1. The Labute approximate surface area is 342 Å². The summed E-state index contributed by atoms with van der Waals surface area (Å²) >= 11 is 0. The monoisotopic (exact) mass is 772 g/mol. The molecule has 0 unspecified atom stereocenters. The molecule has 9 aromatic carbocycles. The van der Waals surface area contributed by atoms with Crippen LogP contribution in [0.4, 0.5) is 0 Å². The Morgan fingerprint density at radius 2 is 0.695 bits per heavy atom. The highest BCUT2D eigenvalue weighted by Gasteiger charge is 2.51. The normalized spacial score (nSPS) is 14.1. The molecule has 59 heavy (non-hydrogen) atoms. The molecule has 0 saturated heterocycles. The van der Waals surface area contributed by atoms with Gasteiger partial charge in [0.15, 0.2) is 7.14 Å². The van der Waals surface area contributed by atoms with E-state index in [0.29, 0.717) is 0 Å². The van der Waals surface area contributed by atoms with Crippen LogP contribution in [0, 0.1) is 0 Å². The zero-order valence-electron chi connectivity index (χ0n) is 32.1. The predicted molar refractivity (Wildman–Crippen MR) is 246 cm³/mol. The molecule has 0 saturated carbocycles. The van der Waals surface area contributed by atoms with Gasteiger partial charge in [-0.2, -0.15) is 0 Å². The van der Waals surface area contributed by atoms with Crippen molar-refractivity contribution in [1.29, 1.82) is 0 Å². The maximum Gasteiger partial charge on any atom is 0.171 e. The molecule has 12 rings (SSSR count). The molecule has 4 heteroatoms. The highest BCUT2D eigenvalue weighted by Crippen LogP contribution is 2.57. The van der Waals surface area contributed by atoms with Crippen LogP contribution in [0.2, 0.25) is 0 Å². The molecule has 3 heterocycles. The summed E-state index contributed by atoms with van der Waals surface area (Å²) in [4.78, 5) is 0. The Bertz CT molecular complexity index is 3180. The molecular weight excluding hydrogens is 736 g/mol. The number of hydrogen-bond acceptors (Lipinski definition) is 1. The number of para-hydroxylation sites is 4. The number of hydrogen-bond donors (Lipinski definition) is 0. The van der Waals surface area contributed by atoms with E-state index in [9.17, 15) is 0 Å². The summed E-state index contributed by atoms with van der Waals surface area (Å²) in [5.41, 5.74) is 10.2. The summed E-state index contributed by atoms with van der Waals surface area (Å²) in [5.74, 6) is 0. The molecule has 0 amide bonds. The summed E-state index contributed by atoms with van der Waals surface area (Å²) in [6.07, 6.45) is 0. The van der Waals surface area contributed by atoms with Gasteiger partial charge in [-0.25, -0.2) is 0 Å². The van der Waals surface area contributed by atoms with E-state index in [-0.39, 0.29) is 0 Å². The maximum atomic E-state index is 16.3. The second-order valence-electron chi connectivity index (χ2n) is 15.6. The van der Waals surface area contributed by atoms with E-state index in [2.05, 4.69) is 203 Å². The quantitative estimate of drug-likeness (QED) is 0.160. The Kier molecular flexibility index (Phi) is 7.42. The minimum atomic E-state index is -3.33. The van der Waals surface area contributed by atoms with Crippen molar-refractivity contribution in [3.8, 4) is 11.4 Å². The largest absolute Gasteiger partial charge is 0.309 e. The Morgan fingerprint density at radius 1 is 0.339 bits per heavy atom. The average Bonchev–Trinajstić information content (AvgIpc) is 3.83. The lowest BCUT2D eigenvalue weighted by atomic mass is 9.64. The molecule has 0 spiro atoms. The van der Waals surface area contributed by atoms with Gasteiger partial charge >= 0.3 is 0 Å². The first-order valence-electron chi connectivity index (χ1n) is 20.2. The first kappa shape index (κ1) is 33.9. The first-order valence-corrected chi connectivity index (χ1v) is 21.9. The SMILES string of the molecule is O=P1(c2ccccc2)c2ccccc2C(c2cccc(-n3c4ccccc4c4ccccc43)c2)(c2cccc(-n3c4ccccc4c4ccccc43)c2)c2ccccc21. The predicted octanol–water partition coefficient (Wildman–Crippen LogP) is 12.2. The molecule has 3 nitrogen and oxygen atoms in total. The van der Waals surface area contributed by atoms with E-state index in [1.165, 1.54) is 21.5 Å². The summed E-state index contributed by atoms with van der Waals surface area (Å²) in [6, 6.07) is 79.9. The van der Waals surface area contributed by atoms with Crippen molar-refractivity contribution in [3.05, 3.63) is 247 Å². The minimum Gasteiger partial charge on any atom is -0.309 e. The van der Waals surface area contributed by atoms with Gasteiger partial charge in [-0.05, 0) is 70.8 Å². The number of rotatable bonds is 5. The smallest absolute Gasteiger partial charge is 0.171 e. The fraction of sp³-hybridized carbons (Fsp3) is 0.0182. The molecule has 0 aliphatic carbocycles. The lowest BCUT2D eigenvalue weighted by Crippen LogP contribution is -2.46. The molecule has 0 fully saturated rings. The van der Waals surface area contributed by atoms with Crippen molar-refractivity contribution in [3.63, 3.8) is 0 Å². The van der Waals surface area contributed by atoms with E-state index in [0.717, 1.165) is 71.6 Å². The highest BCUT2D eigenvalue weighted by atomic mass is 31.2. The van der Waals surface area contributed by atoms with Gasteiger partial charge in [-0.15, -0.1) is 0 Å². The van der Waals surface area contributed by atoms with E-state index in [4.69, 9.17) is 0 Å². The third-order valence-electron chi connectivity index (χ3n) is 12.6. The first-order chi connectivity index (χ1) is 29.2. The molecule has 11 aromatic rings. The Morgan fingerprint density at radius 3 is 1.12 bits per heavy atom. The van der Waals surface area contributed by atoms with Crippen LogP contribution < -0.4 is 15.9 Å². The molecule has 0 atom stereocenters. The number of nitrogens with zero attached hydrogens (tertiary/aromatic N) is 2. The number of aromatic nitrogens is 2. The van der Waals surface area contributed by atoms with Crippen LogP contribution >= 0.6 is 7.14 Å². The fourth-order valence-corrected chi connectivity index (χ4v) is 13.4. The van der Waals surface area contributed by atoms with Crippen LogP contribution in [-0.2, 0) is 9.98 Å². The molecule has 278 valence electrons. The molecule has 1 aliphatic heterocycles. The third-order valence-corrected chi connectivity index (χ3v) is 15.8. The lowest BCUT2D eigenvalue weighted by Gasteiger charge is -2.45. The number of benzene rings is 9. The van der Waals surface area contributed by atoms with E-state index in [1.807, 2.05) is 30.3 Å². The van der Waals surface area contributed by atoms with Gasteiger partial charge in [0.2, 0.25) is 0 Å². The van der Waals surface area contributed by atoms with E-state index in [1.54, 1.807) is 0 Å². The topological polar surface area (TPSA) is 26.9 Å². The van der Waals surface area contributed by atoms with Crippen LogP contribution in [0.25, 0.3) is 55.0 Å². The van der Waals surface area contributed by atoms with Gasteiger partial charge in [0, 0.05) is 48.8 Å². The van der Waals surface area contributed by atoms with E-state index >= 15 is 4.57 Å². The van der Waals surface area contributed by atoms with Crippen LogP contribution in [0.1, 0.15) is 22.3 Å².